The molecule has 1 heterocycles. The van der Waals surface area contributed by atoms with E-state index in [0.29, 0.717) is 5.41 Å². The van der Waals surface area contributed by atoms with Crippen molar-refractivity contribution >= 4 is 6.41 Å². The van der Waals surface area contributed by atoms with Gasteiger partial charge in [0.2, 0.25) is 6.41 Å². The quantitative estimate of drug-likeness (QED) is 0.793. The summed E-state index contributed by atoms with van der Waals surface area (Å²) in [6.45, 7) is 4.03. The lowest BCUT2D eigenvalue weighted by Gasteiger charge is -2.54. The number of hydrogen-bond acceptors (Lipinski definition) is 2. The normalized spacial score (nSPS) is 23.4. The molecule has 1 spiro atoms. The second-order valence-electron chi connectivity index (χ2n) is 6.52. The highest BCUT2D eigenvalue weighted by atomic mass is 16.5. The highest BCUT2D eigenvalue weighted by molar-refractivity contribution is 5.49. The van der Waals surface area contributed by atoms with Gasteiger partial charge in [-0.05, 0) is 43.7 Å². The fraction of sp³-hybridized carbons (Fsp3) is 0.588. The fourth-order valence-electron chi connectivity index (χ4n) is 4.06. The van der Waals surface area contributed by atoms with Crippen LogP contribution in [0.3, 0.4) is 0 Å². The van der Waals surface area contributed by atoms with Crippen molar-refractivity contribution < 1.29 is 9.53 Å². The molecule has 0 atom stereocenters. The SMILES string of the molecule is COC1(c2ccccc2C)CCC2(CC1)CN(C=O)C2. The monoisotopic (exact) mass is 273 g/mol. The molecular formula is C17H23NO2. The lowest BCUT2D eigenvalue weighted by Crippen LogP contribution is -2.58. The van der Waals surface area contributed by atoms with Gasteiger partial charge in [-0.2, -0.15) is 0 Å². The number of benzene rings is 1. The molecule has 0 bridgehead atoms. The van der Waals surface area contributed by atoms with Gasteiger partial charge in [0.05, 0.1) is 5.60 Å². The van der Waals surface area contributed by atoms with Crippen molar-refractivity contribution in [1.82, 2.24) is 4.90 Å². The Morgan fingerprint density at radius 1 is 1.15 bits per heavy atom. The number of rotatable bonds is 3. The molecule has 2 fully saturated rings. The predicted molar refractivity (Wildman–Crippen MR) is 78.4 cm³/mol. The van der Waals surface area contributed by atoms with Gasteiger partial charge in [0.1, 0.15) is 0 Å². The van der Waals surface area contributed by atoms with E-state index in [1.165, 1.54) is 11.1 Å². The third-order valence-electron chi connectivity index (χ3n) is 5.37. The van der Waals surface area contributed by atoms with E-state index in [1.54, 1.807) is 0 Å². The van der Waals surface area contributed by atoms with Crippen LogP contribution in [0.2, 0.25) is 0 Å². The highest BCUT2D eigenvalue weighted by Crippen LogP contribution is 2.51. The van der Waals surface area contributed by atoms with Crippen LogP contribution in [0.25, 0.3) is 0 Å². The first-order valence-electron chi connectivity index (χ1n) is 7.44. The maximum Gasteiger partial charge on any atom is 0.209 e. The summed E-state index contributed by atoms with van der Waals surface area (Å²) >= 11 is 0. The van der Waals surface area contributed by atoms with E-state index in [0.717, 1.165) is 45.2 Å². The zero-order valence-corrected chi connectivity index (χ0v) is 12.4. The van der Waals surface area contributed by atoms with Gasteiger partial charge >= 0.3 is 0 Å². The van der Waals surface area contributed by atoms with Gasteiger partial charge in [-0.1, -0.05) is 24.3 Å². The second kappa shape index (κ2) is 4.88. The van der Waals surface area contributed by atoms with E-state index in [1.807, 2.05) is 12.0 Å². The smallest absolute Gasteiger partial charge is 0.209 e. The number of hydrogen-bond donors (Lipinski definition) is 0. The maximum atomic E-state index is 10.8. The molecule has 20 heavy (non-hydrogen) atoms. The summed E-state index contributed by atoms with van der Waals surface area (Å²) in [5, 5.41) is 0. The fourth-order valence-corrected chi connectivity index (χ4v) is 4.06. The van der Waals surface area contributed by atoms with Crippen LogP contribution in [-0.4, -0.2) is 31.5 Å². The number of nitrogens with zero attached hydrogens (tertiary/aromatic N) is 1. The van der Waals surface area contributed by atoms with E-state index in [2.05, 4.69) is 31.2 Å². The maximum absolute atomic E-state index is 10.8. The third kappa shape index (κ3) is 2.05. The van der Waals surface area contributed by atoms with E-state index in [9.17, 15) is 4.79 Å². The molecule has 1 aliphatic heterocycles. The van der Waals surface area contributed by atoms with Crippen molar-refractivity contribution in [1.29, 1.82) is 0 Å². The van der Waals surface area contributed by atoms with Crippen molar-refractivity contribution in [2.75, 3.05) is 20.2 Å². The van der Waals surface area contributed by atoms with Gasteiger partial charge in [0, 0.05) is 25.6 Å². The summed E-state index contributed by atoms with van der Waals surface area (Å²) in [4.78, 5) is 12.6. The van der Waals surface area contributed by atoms with Crippen molar-refractivity contribution in [3.63, 3.8) is 0 Å². The molecule has 1 aromatic carbocycles. The average Bonchev–Trinajstić information content (AvgIpc) is 2.45. The molecule has 1 saturated heterocycles. The number of aryl methyl sites for hydroxylation is 1. The van der Waals surface area contributed by atoms with E-state index in [4.69, 9.17) is 4.74 Å². The van der Waals surface area contributed by atoms with Crippen LogP contribution in [0.4, 0.5) is 0 Å². The molecule has 3 rings (SSSR count). The third-order valence-corrected chi connectivity index (χ3v) is 5.37. The predicted octanol–water partition coefficient (Wildman–Crippen LogP) is 2.87. The summed E-state index contributed by atoms with van der Waals surface area (Å²) in [5.74, 6) is 0. The first-order valence-corrected chi connectivity index (χ1v) is 7.44. The summed E-state index contributed by atoms with van der Waals surface area (Å²) in [6, 6.07) is 8.55. The minimum atomic E-state index is -0.127. The van der Waals surface area contributed by atoms with Crippen LogP contribution in [0.1, 0.15) is 36.8 Å². The topological polar surface area (TPSA) is 29.5 Å². The van der Waals surface area contributed by atoms with Crippen LogP contribution in [0.15, 0.2) is 24.3 Å². The number of amides is 1. The molecule has 0 radical (unpaired) electrons. The first-order chi connectivity index (χ1) is 9.63. The van der Waals surface area contributed by atoms with Crippen molar-refractivity contribution in [2.24, 2.45) is 5.41 Å². The molecule has 1 saturated carbocycles. The van der Waals surface area contributed by atoms with Gasteiger partial charge in [0.15, 0.2) is 0 Å². The molecule has 1 aliphatic carbocycles. The summed E-state index contributed by atoms with van der Waals surface area (Å²) in [5.41, 5.74) is 2.89. The van der Waals surface area contributed by atoms with Crippen LogP contribution >= 0.6 is 0 Å². The van der Waals surface area contributed by atoms with Gasteiger partial charge in [-0.25, -0.2) is 0 Å². The van der Waals surface area contributed by atoms with Gasteiger partial charge in [0.25, 0.3) is 0 Å². The first kappa shape index (κ1) is 13.6. The van der Waals surface area contributed by atoms with Crippen molar-refractivity contribution in [3.05, 3.63) is 35.4 Å². The number of likely N-dealkylation sites (tertiary alicyclic amines) is 1. The second-order valence-corrected chi connectivity index (χ2v) is 6.52. The highest BCUT2D eigenvalue weighted by Gasteiger charge is 2.49. The van der Waals surface area contributed by atoms with Crippen LogP contribution in [0.5, 0.6) is 0 Å². The Kier molecular flexibility index (Phi) is 3.33. The summed E-state index contributed by atoms with van der Waals surface area (Å²) < 4.78 is 5.98. The average molecular weight is 273 g/mol. The molecule has 0 aromatic heterocycles. The van der Waals surface area contributed by atoms with Crippen molar-refractivity contribution in [2.45, 2.75) is 38.2 Å². The van der Waals surface area contributed by atoms with Crippen LogP contribution in [0, 0.1) is 12.3 Å². The molecule has 0 unspecified atom stereocenters. The lowest BCUT2D eigenvalue weighted by molar-refractivity contribution is -0.141. The Morgan fingerprint density at radius 2 is 1.80 bits per heavy atom. The molecule has 1 aromatic rings. The Morgan fingerprint density at radius 3 is 2.35 bits per heavy atom. The Hall–Kier alpha value is -1.35. The summed E-state index contributed by atoms with van der Waals surface area (Å²) in [6.07, 6.45) is 5.39. The van der Waals surface area contributed by atoms with Gasteiger partial charge < -0.3 is 9.64 Å². The minimum absolute atomic E-state index is 0.127. The Labute approximate surface area is 120 Å². The molecule has 2 aliphatic rings. The zero-order chi connectivity index (χ0) is 14.2. The minimum Gasteiger partial charge on any atom is -0.374 e. The zero-order valence-electron chi connectivity index (χ0n) is 12.4. The summed E-state index contributed by atoms with van der Waals surface area (Å²) in [7, 11) is 1.84. The molecule has 3 nitrogen and oxygen atoms in total. The lowest BCUT2D eigenvalue weighted by atomic mass is 9.63. The van der Waals surface area contributed by atoms with Crippen molar-refractivity contribution in [3.8, 4) is 0 Å². The van der Waals surface area contributed by atoms with Crippen LogP contribution < -0.4 is 0 Å². The molecule has 1 amide bonds. The Bertz CT molecular complexity index is 495. The molecule has 108 valence electrons. The molecule has 3 heteroatoms. The Balaban J connectivity index is 1.77. The van der Waals surface area contributed by atoms with Gasteiger partial charge in [-0.3, -0.25) is 4.79 Å². The van der Waals surface area contributed by atoms with E-state index >= 15 is 0 Å². The number of methoxy groups -OCH3 is 1. The number of carbonyl (C=O) groups is 1. The standard InChI is InChI=1S/C17H23NO2/c1-14-5-3-4-6-15(14)17(20-2)9-7-16(8-10-17)11-18(12-16)13-19/h3-6,13H,7-12H2,1-2H3. The van der Waals surface area contributed by atoms with E-state index < -0.39 is 0 Å². The van der Waals surface area contributed by atoms with Gasteiger partial charge in [-0.15, -0.1) is 0 Å². The van der Waals surface area contributed by atoms with E-state index in [-0.39, 0.29) is 5.60 Å². The number of ether oxygens (including phenoxy) is 1. The molecular weight excluding hydrogens is 250 g/mol. The molecule has 0 N–H and O–H groups in total. The number of carbonyl (C=O) groups excluding carboxylic acids is 1. The van der Waals surface area contributed by atoms with Crippen LogP contribution in [-0.2, 0) is 15.1 Å². The largest absolute Gasteiger partial charge is 0.374 e.